The maximum atomic E-state index is 12.5. The molecule has 2 saturated heterocycles. The maximum absolute atomic E-state index is 12.5. The Morgan fingerprint density at radius 3 is 2.29 bits per heavy atom. The average Bonchev–Trinajstić information content (AvgIpc) is 2.54. The summed E-state index contributed by atoms with van der Waals surface area (Å²) in [5.41, 5.74) is 5.56. The van der Waals surface area contributed by atoms with Crippen LogP contribution in [0.2, 0.25) is 0 Å². The van der Waals surface area contributed by atoms with Crippen molar-refractivity contribution in [3.63, 3.8) is 0 Å². The lowest BCUT2D eigenvalue weighted by atomic mass is 10.0. The Labute approximate surface area is 103 Å². The van der Waals surface area contributed by atoms with Crippen LogP contribution in [0, 0.1) is 0 Å². The van der Waals surface area contributed by atoms with E-state index in [0.29, 0.717) is 19.3 Å². The number of rotatable bonds is 4. The van der Waals surface area contributed by atoms with Crippen molar-refractivity contribution in [3.05, 3.63) is 0 Å². The van der Waals surface area contributed by atoms with Gasteiger partial charge < -0.3 is 10.8 Å². The zero-order chi connectivity index (χ0) is 12.6. The summed E-state index contributed by atoms with van der Waals surface area (Å²) in [5, 5.41) is 9.21. The van der Waals surface area contributed by atoms with E-state index in [-0.39, 0.29) is 24.7 Å². The topological polar surface area (TPSA) is 83.6 Å². The number of aliphatic hydroxyl groups excluding tert-OH is 1. The quantitative estimate of drug-likeness (QED) is 0.749. The summed E-state index contributed by atoms with van der Waals surface area (Å²) in [6.07, 6.45) is 3.13. The third kappa shape index (κ3) is 2.23. The van der Waals surface area contributed by atoms with Gasteiger partial charge in [-0.2, -0.15) is 4.31 Å². The first-order valence-electron chi connectivity index (χ1n) is 6.41. The molecule has 0 amide bonds. The zero-order valence-electron chi connectivity index (χ0n) is 10.2. The lowest BCUT2D eigenvalue weighted by Crippen LogP contribution is -2.52. The van der Waals surface area contributed by atoms with Crippen LogP contribution in [-0.4, -0.2) is 47.8 Å². The molecule has 2 bridgehead atoms. The molecular weight excluding hydrogens is 240 g/mol. The predicted molar refractivity (Wildman–Crippen MR) is 65.9 cm³/mol. The second-order valence-electron chi connectivity index (χ2n) is 5.15. The highest BCUT2D eigenvalue weighted by atomic mass is 32.2. The summed E-state index contributed by atoms with van der Waals surface area (Å²) < 4.78 is 26.6. The summed E-state index contributed by atoms with van der Waals surface area (Å²) in [6, 6.07) is -0.0105. The molecule has 17 heavy (non-hydrogen) atoms. The van der Waals surface area contributed by atoms with E-state index < -0.39 is 15.3 Å². The SMILES string of the molecule is CCC(CN)S(=O)(=O)N1C2CCC1CC(O)C2. The van der Waals surface area contributed by atoms with Gasteiger partial charge in [0.1, 0.15) is 0 Å². The van der Waals surface area contributed by atoms with Crippen molar-refractivity contribution >= 4 is 10.0 Å². The second-order valence-corrected chi connectivity index (χ2v) is 7.27. The summed E-state index contributed by atoms with van der Waals surface area (Å²) in [7, 11) is -3.29. The first-order chi connectivity index (χ1) is 8.00. The van der Waals surface area contributed by atoms with Crippen molar-refractivity contribution in [1.82, 2.24) is 4.31 Å². The zero-order valence-corrected chi connectivity index (χ0v) is 11.1. The fraction of sp³-hybridized carbons (Fsp3) is 1.00. The molecule has 0 aromatic carbocycles. The van der Waals surface area contributed by atoms with Gasteiger partial charge in [0.25, 0.3) is 0 Å². The van der Waals surface area contributed by atoms with Gasteiger partial charge in [0.05, 0.1) is 11.4 Å². The highest BCUT2D eigenvalue weighted by Crippen LogP contribution is 2.39. The minimum absolute atomic E-state index is 0.00523. The van der Waals surface area contributed by atoms with E-state index in [1.54, 1.807) is 4.31 Å². The lowest BCUT2D eigenvalue weighted by molar-refractivity contribution is 0.0764. The van der Waals surface area contributed by atoms with Crippen LogP contribution in [0.15, 0.2) is 0 Å². The van der Waals surface area contributed by atoms with E-state index in [1.165, 1.54) is 0 Å². The van der Waals surface area contributed by atoms with Crippen LogP contribution in [0.5, 0.6) is 0 Å². The van der Waals surface area contributed by atoms with E-state index in [2.05, 4.69) is 0 Å². The van der Waals surface area contributed by atoms with Crippen molar-refractivity contribution in [3.8, 4) is 0 Å². The molecule has 2 aliphatic rings. The molecule has 2 rings (SSSR count). The number of hydrogen-bond donors (Lipinski definition) is 2. The van der Waals surface area contributed by atoms with Crippen LogP contribution >= 0.6 is 0 Å². The second kappa shape index (κ2) is 4.84. The van der Waals surface area contributed by atoms with Gasteiger partial charge in [-0.1, -0.05) is 6.92 Å². The number of hydrogen-bond acceptors (Lipinski definition) is 4. The highest BCUT2D eigenvalue weighted by Gasteiger charge is 2.47. The molecule has 6 heteroatoms. The normalized spacial score (nSPS) is 36.1. The monoisotopic (exact) mass is 262 g/mol. The van der Waals surface area contributed by atoms with Crippen molar-refractivity contribution in [2.75, 3.05) is 6.54 Å². The third-order valence-corrected chi connectivity index (χ3v) is 6.63. The molecule has 0 saturated carbocycles. The molecule has 0 spiro atoms. The van der Waals surface area contributed by atoms with Gasteiger partial charge in [-0.3, -0.25) is 0 Å². The van der Waals surface area contributed by atoms with Crippen molar-refractivity contribution in [2.45, 2.75) is 62.5 Å². The molecule has 0 aliphatic carbocycles. The predicted octanol–water partition coefficient (Wildman–Crippen LogP) is 0.0412. The van der Waals surface area contributed by atoms with Gasteiger partial charge >= 0.3 is 0 Å². The number of aliphatic hydroxyl groups is 1. The first kappa shape index (κ1) is 13.3. The Balaban J connectivity index is 2.23. The average molecular weight is 262 g/mol. The summed E-state index contributed by atoms with van der Waals surface area (Å²) in [6.45, 7) is 2.03. The van der Waals surface area contributed by atoms with E-state index in [4.69, 9.17) is 5.73 Å². The largest absolute Gasteiger partial charge is 0.393 e. The fourth-order valence-corrected chi connectivity index (χ4v) is 5.41. The Kier molecular flexibility index (Phi) is 3.77. The van der Waals surface area contributed by atoms with Gasteiger partial charge in [-0.15, -0.1) is 0 Å². The number of piperidine rings is 1. The van der Waals surface area contributed by atoms with E-state index in [0.717, 1.165) is 12.8 Å². The smallest absolute Gasteiger partial charge is 0.218 e. The van der Waals surface area contributed by atoms with E-state index in [9.17, 15) is 13.5 Å². The molecular formula is C11H22N2O3S. The molecule has 3 atom stereocenters. The summed E-state index contributed by atoms with van der Waals surface area (Å²) in [4.78, 5) is 0. The van der Waals surface area contributed by atoms with Crippen molar-refractivity contribution < 1.29 is 13.5 Å². The van der Waals surface area contributed by atoms with Crippen molar-refractivity contribution in [2.24, 2.45) is 5.73 Å². The van der Waals surface area contributed by atoms with E-state index >= 15 is 0 Å². The molecule has 2 aliphatic heterocycles. The van der Waals surface area contributed by atoms with Gasteiger partial charge in [0, 0.05) is 18.6 Å². The first-order valence-corrected chi connectivity index (χ1v) is 7.91. The standard InChI is InChI=1S/C11H22N2O3S/c1-2-11(7-12)17(15,16)13-8-3-4-9(13)6-10(14)5-8/h8-11,14H,2-7,12H2,1H3. The van der Waals surface area contributed by atoms with Crippen LogP contribution < -0.4 is 5.73 Å². The van der Waals surface area contributed by atoms with E-state index in [1.807, 2.05) is 6.92 Å². The fourth-order valence-electron chi connectivity index (χ4n) is 3.19. The van der Waals surface area contributed by atoms with Gasteiger partial charge in [-0.25, -0.2) is 8.42 Å². The maximum Gasteiger partial charge on any atom is 0.218 e. The van der Waals surface area contributed by atoms with Crippen LogP contribution in [-0.2, 0) is 10.0 Å². The van der Waals surface area contributed by atoms with Crippen LogP contribution in [0.1, 0.15) is 39.0 Å². The molecule has 0 aromatic heterocycles. The van der Waals surface area contributed by atoms with Gasteiger partial charge in [0.2, 0.25) is 10.0 Å². The van der Waals surface area contributed by atoms with Crippen molar-refractivity contribution in [1.29, 1.82) is 0 Å². The highest BCUT2D eigenvalue weighted by molar-refractivity contribution is 7.89. The number of fused-ring (bicyclic) bond motifs is 2. The molecule has 0 aromatic rings. The molecule has 5 nitrogen and oxygen atoms in total. The van der Waals surface area contributed by atoms with Gasteiger partial charge in [-0.05, 0) is 32.1 Å². The lowest BCUT2D eigenvalue weighted by Gasteiger charge is -2.37. The van der Waals surface area contributed by atoms with Gasteiger partial charge in [0.15, 0.2) is 0 Å². The molecule has 2 fully saturated rings. The van der Waals surface area contributed by atoms with Crippen LogP contribution in [0.25, 0.3) is 0 Å². The molecule has 0 radical (unpaired) electrons. The molecule has 100 valence electrons. The van der Waals surface area contributed by atoms with Crippen LogP contribution in [0.3, 0.4) is 0 Å². The Morgan fingerprint density at radius 1 is 1.35 bits per heavy atom. The third-order valence-electron chi connectivity index (χ3n) is 4.07. The number of sulfonamides is 1. The van der Waals surface area contributed by atoms with Crippen LogP contribution in [0.4, 0.5) is 0 Å². The minimum Gasteiger partial charge on any atom is -0.393 e. The summed E-state index contributed by atoms with van der Waals surface area (Å²) >= 11 is 0. The minimum atomic E-state index is -3.29. The molecule has 2 heterocycles. The summed E-state index contributed by atoms with van der Waals surface area (Å²) in [5.74, 6) is 0. The Bertz CT molecular complexity index is 353. The Morgan fingerprint density at radius 2 is 1.88 bits per heavy atom. The molecule has 3 N–H and O–H groups in total. The number of nitrogens with two attached hydrogens (primary N) is 1. The molecule has 3 unspecified atom stereocenters. The number of nitrogens with zero attached hydrogens (tertiary/aromatic N) is 1. The Hall–Kier alpha value is -0.170.